The van der Waals surface area contributed by atoms with E-state index >= 15 is 0 Å². The molecular weight excluding hydrogens is 524 g/mol. The SMILES string of the molecule is COCC(=O)Nc1cc(N2C(=S)NC(c3ccccn3)C2c2cccn2-c2ccc(N(C)C)cc2)ccc1OC. The standard InChI is InChI=1S/C30H32N6O3S/c1-34(2)20-10-12-21(13-11-20)35-17-7-9-25(35)29-28(23-8-5-6-16-31-23)33-30(40)36(29)22-14-15-26(39-4)24(18-22)32-27(37)19-38-3/h5-18,28-29H,19H2,1-4H3,(H,32,37)(H,33,40). The number of carbonyl (C=O) groups is 1. The number of amides is 1. The van der Waals surface area contributed by atoms with Crippen molar-refractivity contribution in [3.63, 3.8) is 0 Å². The molecule has 1 aliphatic rings. The lowest BCUT2D eigenvalue weighted by Gasteiger charge is -2.29. The van der Waals surface area contributed by atoms with Crippen molar-refractivity contribution in [2.24, 2.45) is 0 Å². The second-order valence-corrected chi connectivity index (χ2v) is 9.96. The number of nitrogens with one attached hydrogen (secondary N) is 2. The van der Waals surface area contributed by atoms with Crippen LogP contribution in [-0.2, 0) is 9.53 Å². The third kappa shape index (κ3) is 5.36. The number of pyridine rings is 1. The lowest BCUT2D eigenvalue weighted by atomic mass is 10.0. The average Bonchev–Trinajstić information content (AvgIpc) is 3.58. The van der Waals surface area contributed by atoms with Crippen molar-refractivity contribution < 1.29 is 14.3 Å². The van der Waals surface area contributed by atoms with Gasteiger partial charge in [0, 0.05) is 56.4 Å². The smallest absolute Gasteiger partial charge is 0.250 e. The maximum absolute atomic E-state index is 12.4. The number of ether oxygens (including phenoxy) is 2. The van der Waals surface area contributed by atoms with Crippen LogP contribution >= 0.6 is 12.2 Å². The predicted octanol–water partition coefficient (Wildman–Crippen LogP) is 4.71. The first-order valence-electron chi connectivity index (χ1n) is 12.8. The molecule has 5 rings (SSSR count). The highest BCUT2D eigenvalue weighted by molar-refractivity contribution is 7.80. The lowest BCUT2D eigenvalue weighted by molar-refractivity contribution is -0.119. The summed E-state index contributed by atoms with van der Waals surface area (Å²) < 4.78 is 12.7. The number of anilines is 3. The molecule has 40 heavy (non-hydrogen) atoms. The highest BCUT2D eigenvalue weighted by Gasteiger charge is 2.42. The van der Waals surface area contributed by atoms with Gasteiger partial charge in [0.1, 0.15) is 18.4 Å². The fourth-order valence-electron chi connectivity index (χ4n) is 4.98. The van der Waals surface area contributed by atoms with Crippen molar-refractivity contribution in [1.29, 1.82) is 0 Å². The van der Waals surface area contributed by atoms with Crippen molar-refractivity contribution in [3.8, 4) is 11.4 Å². The number of hydrogen-bond acceptors (Lipinski definition) is 6. The summed E-state index contributed by atoms with van der Waals surface area (Å²) in [7, 11) is 7.10. The minimum absolute atomic E-state index is 0.0679. The molecule has 2 aromatic heterocycles. The summed E-state index contributed by atoms with van der Waals surface area (Å²) in [5.41, 5.74) is 5.38. The van der Waals surface area contributed by atoms with E-state index in [4.69, 9.17) is 21.7 Å². The number of nitrogens with zero attached hydrogens (tertiary/aromatic N) is 4. The molecule has 2 N–H and O–H groups in total. The second-order valence-electron chi connectivity index (χ2n) is 9.58. The summed E-state index contributed by atoms with van der Waals surface area (Å²) in [4.78, 5) is 21.2. The molecule has 3 heterocycles. The van der Waals surface area contributed by atoms with Crippen molar-refractivity contribution in [3.05, 3.63) is 96.6 Å². The Morgan fingerprint density at radius 1 is 1.05 bits per heavy atom. The summed E-state index contributed by atoms with van der Waals surface area (Å²) >= 11 is 5.92. The quantitative estimate of drug-likeness (QED) is 0.287. The summed E-state index contributed by atoms with van der Waals surface area (Å²) in [6, 6.07) is 23.6. The van der Waals surface area contributed by atoms with Crippen LogP contribution in [0.5, 0.6) is 5.75 Å². The molecule has 0 saturated carbocycles. The van der Waals surface area contributed by atoms with Crippen LogP contribution in [0, 0.1) is 0 Å². The molecule has 4 aromatic rings. The highest BCUT2D eigenvalue weighted by Crippen LogP contribution is 2.43. The molecule has 2 unspecified atom stereocenters. The van der Waals surface area contributed by atoms with E-state index in [-0.39, 0.29) is 24.6 Å². The van der Waals surface area contributed by atoms with Crippen LogP contribution in [0.2, 0.25) is 0 Å². The number of benzene rings is 2. The summed E-state index contributed by atoms with van der Waals surface area (Å²) in [5.74, 6) is 0.256. The Labute approximate surface area is 239 Å². The predicted molar refractivity (Wildman–Crippen MR) is 162 cm³/mol. The minimum atomic E-state index is -0.280. The van der Waals surface area contributed by atoms with Gasteiger partial charge >= 0.3 is 0 Å². The molecule has 2 aromatic carbocycles. The van der Waals surface area contributed by atoms with Crippen LogP contribution in [0.1, 0.15) is 23.5 Å². The van der Waals surface area contributed by atoms with Gasteiger partial charge in [-0.25, -0.2) is 0 Å². The van der Waals surface area contributed by atoms with Crippen LogP contribution in [0.3, 0.4) is 0 Å². The summed E-state index contributed by atoms with van der Waals surface area (Å²) in [5, 5.41) is 6.94. The molecular formula is C30H32N6O3S. The molecule has 0 bridgehead atoms. The Bertz CT molecular complexity index is 1490. The van der Waals surface area contributed by atoms with Gasteiger partial charge in [-0.1, -0.05) is 6.07 Å². The van der Waals surface area contributed by atoms with Crippen molar-refractivity contribution >= 4 is 40.3 Å². The van der Waals surface area contributed by atoms with Crippen molar-refractivity contribution in [1.82, 2.24) is 14.9 Å². The molecule has 0 radical (unpaired) electrons. The Morgan fingerprint density at radius 2 is 1.82 bits per heavy atom. The van der Waals surface area contributed by atoms with Gasteiger partial charge in [0.25, 0.3) is 0 Å². The fourth-order valence-corrected chi connectivity index (χ4v) is 5.32. The van der Waals surface area contributed by atoms with Gasteiger partial charge in [-0.3, -0.25) is 9.78 Å². The topological polar surface area (TPSA) is 83.9 Å². The third-order valence-corrected chi connectivity index (χ3v) is 7.15. The zero-order valence-corrected chi connectivity index (χ0v) is 23.7. The van der Waals surface area contributed by atoms with E-state index in [1.165, 1.54) is 7.11 Å². The van der Waals surface area contributed by atoms with Crippen LogP contribution in [0.15, 0.2) is 85.2 Å². The third-order valence-electron chi connectivity index (χ3n) is 6.84. The molecule has 1 aliphatic heterocycles. The van der Waals surface area contributed by atoms with E-state index in [1.54, 1.807) is 13.3 Å². The molecule has 0 spiro atoms. The van der Waals surface area contributed by atoms with Gasteiger partial charge in [-0.05, 0) is 78.9 Å². The molecule has 1 fully saturated rings. The average molecular weight is 557 g/mol. The van der Waals surface area contributed by atoms with Gasteiger partial charge in [0.15, 0.2) is 5.11 Å². The second kappa shape index (κ2) is 11.8. The molecule has 9 nitrogen and oxygen atoms in total. The number of thiocarbonyl (C=S) groups is 1. The van der Waals surface area contributed by atoms with Gasteiger partial charge in [-0.15, -0.1) is 0 Å². The Hall–Kier alpha value is -4.41. The number of hydrogen-bond donors (Lipinski definition) is 2. The van der Waals surface area contributed by atoms with Crippen molar-refractivity contribution in [2.45, 2.75) is 12.1 Å². The Morgan fingerprint density at radius 3 is 2.50 bits per heavy atom. The molecule has 0 aliphatic carbocycles. The Balaban J connectivity index is 1.61. The van der Waals surface area contributed by atoms with E-state index < -0.39 is 0 Å². The molecule has 206 valence electrons. The Kier molecular flexibility index (Phi) is 7.99. The number of rotatable bonds is 9. The monoisotopic (exact) mass is 556 g/mol. The summed E-state index contributed by atoms with van der Waals surface area (Å²) in [6.45, 7) is -0.0679. The van der Waals surface area contributed by atoms with E-state index in [9.17, 15) is 4.79 Å². The minimum Gasteiger partial charge on any atom is -0.495 e. The van der Waals surface area contributed by atoms with Crippen molar-refractivity contribution in [2.75, 3.05) is 50.0 Å². The molecule has 1 amide bonds. The molecule has 2 atom stereocenters. The van der Waals surface area contributed by atoms with Gasteiger partial charge in [0.2, 0.25) is 5.91 Å². The number of methoxy groups -OCH3 is 2. The first kappa shape index (κ1) is 27.2. The molecule has 1 saturated heterocycles. The number of carbonyl (C=O) groups excluding carboxylic acids is 1. The molecule has 10 heteroatoms. The maximum Gasteiger partial charge on any atom is 0.250 e. The van der Waals surface area contributed by atoms with E-state index in [0.717, 1.165) is 28.5 Å². The van der Waals surface area contributed by atoms with Crippen LogP contribution < -0.4 is 25.2 Å². The zero-order valence-electron chi connectivity index (χ0n) is 22.9. The van der Waals surface area contributed by atoms with Crippen LogP contribution in [0.25, 0.3) is 5.69 Å². The van der Waals surface area contributed by atoms with Crippen LogP contribution in [0.4, 0.5) is 17.1 Å². The van der Waals surface area contributed by atoms with Gasteiger partial charge in [-0.2, -0.15) is 0 Å². The normalized spacial score (nSPS) is 16.5. The van der Waals surface area contributed by atoms with E-state index in [0.29, 0.717) is 16.5 Å². The highest BCUT2D eigenvalue weighted by atomic mass is 32.1. The fraction of sp³-hybridized carbons (Fsp3) is 0.233. The number of aromatic nitrogens is 2. The van der Waals surface area contributed by atoms with Gasteiger partial charge < -0.3 is 34.5 Å². The van der Waals surface area contributed by atoms with Gasteiger partial charge in [0.05, 0.1) is 24.5 Å². The maximum atomic E-state index is 12.4. The first-order valence-corrected chi connectivity index (χ1v) is 13.2. The van der Waals surface area contributed by atoms with E-state index in [2.05, 4.69) is 66.5 Å². The largest absolute Gasteiger partial charge is 0.495 e. The van der Waals surface area contributed by atoms with E-state index in [1.807, 2.05) is 56.6 Å². The van der Waals surface area contributed by atoms with Crippen LogP contribution in [-0.4, -0.2) is 55.5 Å². The zero-order chi connectivity index (χ0) is 28.2. The first-order chi connectivity index (χ1) is 19.4. The summed E-state index contributed by atoms with van der Waals surface area (Å²) in [6.07, 6.45) is 3.84. The lowest BCUT2D eigenvalue weighted by Crippen LogP contribution is -2.30.